The molecule has 1 fully saturated rings. The first-order chi connectivity index (χ1) is 9.08. The largest absolute Gasteiger partial charge is 0.507 e. The molecule has 0 unspecified atom stereocenters. The number of nitrogens with two attached hydrogens (primary N) is 1. The molecule has 114 valence electrons. The van der Waals surface area contributed by atoms with Crippen molar-refractivity contribution in [2.24, 2.45) is 11.7 Å². The van der Waals surface area contributed by atoms with Gasteiger partial charge in [-0.3, -0.25) is 0 Å². The summed E-state index contributed by atoms with van der Waals surface area (Å²) in [7, 11) is 3.01. The quantitative estimate of drug-likeness (QED) is 0.774. The minimum atomic E-state index is -0.665. The van der Waals surface area contributed by atoms with Crippen LogP contribution in [-0.2, 0) is 0 Å². The van der Waals surface area contributed by atoms with Crippen LogP contribution in [0.2, 0.25) is 0 Å². The maximum atomic E-state index is 10.2. The molecule has 0 amide bonds. The van der Waals surface area contributed by atoms with Crippen LogP contribution in [0.15, 0.2) is 12.1 Å². The predicted octanol–water partition coefficient (Wildman–Crippen LogP) is 1.99. The first-order valence-corrected chi connectivity index (χ1v) is 6.47. The number of hydrogen-bond acceptors (Lipinski definition) is 5. The van der Waals surface area contributed by atoms with Crippen molar-refractivity contribution in [2.75, 3.05) is 14.2 Å². The Balaban J connectivity index is 0.00000200. The fourth-order valence-corrected chi connectivity index (χ4v) is 2.45. The van der Waals surface area contributed by atoms with E-state index in [0.717, 1.165) is 19.3 Å². The molecule has 6 heteroatoms. The minimum Gasteiger partial charge on any atom is -0.507 e. The van der Waals surface area contributed by atoms with E-state index in [1.54, 1.807) is 6.07 Å². The minimum absolute atomic E-state index is 0. The highest BCUT2D eigenvalue weighted by Crippen LogP contribution is 2.41. The van der Waals surface area contributed by atoms with Gasteiger partial charge in [0, 0.05) is 12.1 Å². The van der Waals surface area contributed by atoms with Crippen molar-refractivity contribution in [1.29, 1.82) is 0 Å². The van der Waals surface area contributed by atoms with Gasteiger partial charge >= 0.3 is 0 Å². The third kappa shape index (κ3) is 3.11. The van der Waals surface area contributed by atoms with Gasteiger partial charge in [-0.05, 0) is 18.8 Å². The van der Waals surface area contributed by atoms with Crippen molar-refractivity contribution in [2.45, 2.75) is 31.4 Å². The van der Waals surface area contributed by atoms with Gasteiger partial charge in [-0.25, -0.2) is 0 Å². The Hall–Kier alpha value is -1.17. The molecule has 0 saturated heterocycles. The van der Waals surface area contributed by atoms with Crippen molar-refractivity contribution >= 4 is 12.4 Å². The summed E-state index contributed by atoms with van der Waals surface area (Å²) < 4.78 is 10.3. The lowest BCUT2D eigenvalue weighted by Gasteiger charge is -2.34. The third-order valence-electron chi connectivity index (χ3n) is 3.88. The number of rotatable bonds is 5. The number of halogens is 1. The van der Waals surface area contributed by atoms with Crippen LogP contribution < -0.4 is 15.2 Å². The molecule has 0 heterocycles. The number of aromatic hydroxyl groups is 1. The molecule has 0 radical (unpaired) electrons. The van der Waals surface area contributed by atoms with Gasteiger partial charge in [0.05, 0.1) is 31.9 Å². The van der Waals surface area contributed by atoms with E-state index >= 15 is 0 Å². The van der Waals surface area contributed by atoms with E-state index in [2.05, 4.69) is 0 Å². The highest BCUT2D eigenvalue weighted by atomic mass is 35.5. The molecule has 5 nitrogen and oxygen atoms in total. The Morgan fingerprint density at radius 1 is 1.25 bits per heavy atom. The first-order valence-electron chi connectivity index (χ1n) is 6.47. The van der Waals surface area contributed by atoms with E-state index in [1.165, 1.54) is 20.3 Å². The van der Waals surface area contributed by atoms with Crippen molar-refractivity contribution in [3.8, 4) is 17.2 Å². The maximum absolute atomic E-state index is 10.2. The lowest BCUT2D eigenvalue weighted by Crippen LogP contribution is -2.36. The number of ether oxygens (including phenoxy) is 2. The lowest BCUT2D eigenvalue weighted by molar-refractivity contribution is 0.0401. The number of aliphatic hydroxyl groups excluding tert-OH is 1. The maximum Gasteiger partial charge on any atom is 0.131 e. The smallest absolute Gasteiger partial charge is 0.131 e. The molecule has 20 heavy (non-hydrogen) atoms. The molecule has 0 aromatic heterocycles. The average molecular weight is 304 g/mol. The topological polar surface area (TPSA) is 84.9 Å². The van der Waals surface area contributed by atoms with Gasteiger partial charge < -0.3 is 25.4 Å². The van der Waals surface area contributed by atoms with Crippen LogP contribution in [0, 0.1) is 5.92 Å². The van der Waals surface area contributed by atoms with Gasteiger partial charge in [-0.15, -0.1) is 12.4 Å². The predicted molar refractivity (Wildman–Crippen MR) is 78.7 cm³/mol. The van der Waals surface area contributed by atoms with E-state index in [4.69, 9.17) is 15.2 Å². The molecular weight excluding hydrogens is 282 g/mol. The molecule has 1 aromatic rings. The Morgan fingerprint density at radius 3 is 2.35 bits per heavy atom. The molecule has 2 atom stereocenters. The van der Waals surface area contributed by atoms with Gasteiger partial charge in [-0.2, -0.15) is 0 Å². The van der Waals surface area contributed by atoms with Crippen LogP contribution in [0.1, 0.15) is 30.9 Å². The lowest BCUT2D eigenvalue weighted by atomic mass is 9.77. The van der Waals surface area contributed by atoms with Gasteiger partial charge in [0.15, 0.2) is 0 Å². The Kier molecular flexibility index (Phi) is 5.92. The Bertz CT molecular complexity index is 451. The van der Waals surface area contributed by atoms with Crippen LogP contribution in [0.25, 0.3) is 0 Å². The highest BCUT2D eigenvalue weighted by Gasteiger charge is 2.33. The fourth-order valence-electron chi connectivity index (χ4n) is 2.45. The molecule has 1 aromatic carbocycles. The summed E-state index contributed by atoms with van der Waals surface area (Å²) in [6, 6.07) is 2.47. The molecule has 1 aliphatic carbocycles. The first kappa shape index (κ1) is 16.9. The Labute approximate surface area is 125 Å². The van der Waals surface area contributed by atoms with Gasteiger partial charge in [0.1, 0.15) is 17.2 Å². The van der Waals surface area contributed by atoms with Crippen LogP contribution >= 0.6 is 12.4 Å². The summed E-state index contributed by atoms with van der Waals surface area (Å²) >= 11 is 0. The van der Waals surface area contributed by atoms with Crippen molar-refractivity contribution in [1.82, 2.24) is 0 Å². The van der Waals surface area contributed by atoms with Crippen molar-refractivity contribution in [3.63, 3.8) is 0 Å². The Morgan fingerprint density at radius 2 is 1.90 bits per heavy atom. The van der Waals surface area contributed by atoms with Gasteiger partial charge in [0.2, 0.25) is 0 Å². The second-order valence-corrected chi connectivity index (χ2v) is 4.97. The van der Waals surface area contributed by atoms with E-state index in [0.29, 0.717) is 17.1 Å². The zero-order valence-electron chi connectivity index (χ0n) is 11.7. The zero-order chi connectivity index (χ0) is 14.0. The molecule has 0 aliphatic heterocycles. The number of aliphatic hydroxyl groups is 1. The molecule has 0 bridgehead atoms. The standard InChI is InChI=1S/C14H21NO4.ClH/c1-18-9-6-10(16)12(11(7-9)19-2)13(15)14(17)8-4-3-5-8;/h6-8,13-14,16-17H,3-5,15H2,1-2H3;1H/t13-,14+;/m1./s1. The SMILES string of the molecule is COc1cc(O)c([C@@H](N)[C@@H](O)C2CCC2)c(OC)c1.Cl. The molecule has 2 rings (SSSR count). The highest BCUT2D eigenvalue weighted by molar-refractivity contribution is 5.85. The normalized spacial score (nSPS) is 17.6. The summed E-state index contributed by atoms with van der Waals surface area (Å²) in [6.07, 6.45) is 2.42. The van der Waals surface area contributed by atoms with Gasteiger partial charge in [-0.1, -0.05) is 6.42 Å². The van der Waals surface area contributed by atoms with Crippen LogP contribution in [-0.4, -0.2) is 30.5 Å². The van der Waals surface area contributed by atoms with Gasteiger partial charge in [0.25, 0.3) is 0 Å². The monoisotopic (exact) mass is 303 g/mol. The molecule has 0 spiro atoms. The fraction of sp³-hybridized carbons (Fsp3) is 0.571. The van der Waals surface area contributed by atoms with E-state index in [9.17, 15) is 10.2 Å². The number of hydrogen-bond donors (Lipinski definition) is 3. The summed E-state index contributed by atoms with van der Waals surface area (Å²) in [4.78, 5) is 0. The third-order valence-corrected chi connectivity index (χ3v) is 3.88. The summed E-state index contributed by atoms with van der Waals surface area (Å²) in [5.74, 6) is 1.12. The summed E-state index contributed by atoms with van der Waals surface area (Å²) in [5, 5.41) is 20.3. The number of phenolic OH excluding ortho intramolecular Hbond substituents is 1. The van der Waals surface area contributed by atoms with Crippen molar-refractivity contribution < 1.29 is 19.7 Å². The number of methoxy groups -OCH3 is 2. The van der Waals surface area contributed by atoms with E-state index < -0.39 is 12.1 Å². The molecule has 1 aliphatic rings. The molecule has 4 N–H and O–H groups in total. The zero-order valence-corrected chi connectivity index (χ0v) is 12.5. The molecule has 1 saturated carbocycles. The molecular formula is C14H22ClNO4. The summed E-state index contributed by atoms with van der Waals surface area (Å²) in [6.45, 7) is 0. The van der Waals surface area contributed by atoms with Crippen molar-refractivity contribution in [3.05, 3.63) is 17.7 Å². The van der Waals surface area contributed by atoms with Crippen LogP contribution in [0.4, 0.5) is 0 Å². The second kappa shape index (κ2) is 7.02. The average Bonchev–Trinajstić information content (AvgIpc) is 2.34. The van der Waals surface area contributed by atoms with Crippen LogP contribution in [0.3, 0.4) is 0 Å². The number of phenols is 1. The number of benzene rings is 1. The summed E-state index contributed by atoms with van der Waals surface area (Å²) in [5.41, 5.74) is 6.52. The van der Waals surface area contributed by atoms with E-state index in [-0.39, 0.29) is 24.1 Å². The van der Waals surface area contributed by atoms with E-state index in [1.807, 2.05) is 0 Å². The second-order valence-electron chi connectivity index (χ2n) is 4.97. The van der Waals surface area contributed by atoms with Crippen LogP contribution in [0.5, 0.6) is 17.2 Å².